The molecule has 0 saturated carbocycles. The topological polar surface area (TPSA) is 0 Å². The van der Waals surface area contributed by atoms with E-state index in [4.69, 9.17) is 0 Å². The lowest BCUT2D eigenvalue weighted by Crippen LogP contribution is -1.89. The molecule has 2 rings (SSSR count). The Morgan fingerprint density at radius 2 is 1.18 bits per heavy atom. The van der Waals surface area contributed by atoms with E-state index in [1.54, 1.807) is 50.2 Å². The summed E-state index contributed by atoms with van der Waals surface area (Å²) >= 11 is 1.12. The van der Waals surface area contributed by atoms with Crippen molar-refractivity contribution in [2.45, 2.75) is 23.6 Å². The summed E-state index contributed by atoms with van der Waals surface area (Å²) in [6.45, 7) is 3.40. The van der Waals surface area contributed by atoms with Crippen LogP contribution < -0.4 is 0 Å². The van der Waals surface area contributed by atoms with Crippen LogP contribution in [0, 0.1) is 25.5 Å². The van der Waals surface area contributed by atoms with Gasteiger partial charge in [-0.25, -0.2) is 8.78 Å². The minimum absolute atomic E-state index is 0.279. The molecule has 2 aromatic carbocycles. The second-order valence-electron chi connectivity index (χ2n) is 3.88. The van der Waals surface area contributed by atoms with Gasteiger partial charge in [-0.15, -0.1) is 0 Å². The molecule has 0 radical (unpaired) electrons. The Hall–Kier alpha value is -1.35. The molecule has 0 aliphatic rings. The van der Waals surface area contributed by atoms with Gasteiger partial charge in [-0.1, -0.05) is 36.0 Å². The van der Waals surface area contributed by atoms with Gasteiger partial charge < -0.3 is 0 Å². The highest BCUT2D eigenvalue weighted by atomic mass is 32.2. The van der Waals surface area contributed by atoms with Gasteiger partial charge in [0.25, 0.3) is 0 Å². The highest BCUT2D eigenvalue weighted by Crippen LogP contribution is 2.33. The monoisotopic (exact) mass is 250 g/mol. The van der Waals surface area contributed by atoms with E-state index in [0.29, 0.717) is 20.9 Å². The van der Waals surface area contributed by atoms with Gasteiger partial charge >= 0.3 is 0 Å². The molecule has 0 aromatic heterocycles. The van der Waals surface area contributed by atoms with Gasteiger partial charge in [-0.05, 0) is 37.1 Å². The van der Waals surface area contributed by atoms with Gasteiger partial charge in [0.05, 0.1) is 0 Å². The van der Waals surface area contributed by atoms with Crippen LogP contribution in [0.2, 0.25) is 0 Å². The van der Waals surface area contributed by atoms with Crippen LogP contribution in [-0.2, 0) is 0 Å². The summed E-state index contributed by atoms with van der Waals surface area (Å²) in [5, 5.41) is 0. The first-order chi connectivity index (χ1) is 8.09. The lowest BCUT2D eigenvalue weighted by Gasteiger charge is -2.07. The second-order valence-corrected chi connectivity index (χ2v) is 4.96. The smallest absolute Gasteiger partial charge is 0.140 e. The Balaban J connectivity index is 2.38. The summed E-state index contributed by atoms with van der Waals surface area (Å²) in [5.74, 6) is -0.559. The van der Waals surface area contributed by atoms with Crippen molar-refractivity contribution < 1.29 is 8.78 Å². The van der Waals surface area contributed by atoms with Crippen molar-refractivity contribution in [2.24, 2.45) is 0 Å². The van der Waals surface area contributed by atoms with E-state index in [9.17, 15) is 8.78 Å². The maximum Gasteiger partial charge on any atom is 0.140 e. The Kier molecular flexibility index (Phi) is 3.48. The summed E-state index contributed by atoms with van der Waals surface area (Å²) < 4.78 is 27.6. The number of hydrogen-bond donors (Lipinski definition) is 0. The Bertz CT molecular complexity index is 500. The minimum Gasteiger partial charge on any atom is -0.205 e. The highest BCUT2D eigenvalue weighted by molar-refractivity contribution is 7.99. The maximum atomic E-state index is 13.8. The molecule has 2 aromatic rings. The molecule has 0 bridgehead atoms. The lowest BCUT2D eigenvalue weighted by atomic mass is 10.2. The third-order valence-electron chi connectivity index (χ3n) is 2.53. The fraction of sp³-hybridized carbons (Fsp3) is 0.143. The van der Waals surface area contributed by atoms with E-state index in [0.717, 1.165) is 11.8 Å². The van der Waals surface area contributed by atoms with E-state index in [1.807, 2.05) is 0 Å². The molecule has 0 aliphatic carbocycles. The number of halogens is 2. The zero-order valence-electron chi connectivity index (χ0n) is 9.63. The van der Waals surface area contributed by atoms with Crippen LogP contribution in [-0.4, -0.2) is 0 Å². The SMILES string of the molecule is Cc1cccc(Sc2cccc(C)c2F)c1F. The number of rotatable bonds is 2. The van der Waals surface area contributed by atoms with Crippen molar-refractivity contribution in [3.05, 3.63) is 59.2 Å². The molecule has 17 heavy (non-hydrogen) atoms. The van der Waals surface area contributed by atoms with Crippen LogP contribution in [0.5, 0.6) is 0 Å². The van der Waals surface area contributed by atoms with Crippen LogP contribution in [0.4, 0.5) is 8.78 Å². The van der Waals surface area contributed by atoms with Gasteiger partial charge in [0.15, 0.2) is 0 Å². The Morgan fingerprint density at radius 1 is 0.765 bits per heavy atom. The molecule has 0 heterocycles. The van der Waals surface area contributed by atoms with Crippen molar-refractivity contribution in [2.75, 3.05) is 0 Å². The molecular formula is C14H12F2S. The van der Waals surface area contributed by atoms with Gasteiger partial charge in [0.1, 0.15) is 11.6 Å². The van der Waals surface area contributed by atoms with Crippen LogP contribution in [0.3, 0.4) is 0 Å². The van der Waals surface area contributed by atoms with E-state index >= 15 is 0 Å². The number of benzene rings is 2. The Labute approximate surface area is 104 Å². The molecule has 0 aliphatic heterocycles. The average molecular weight is 250 g/mol. The predicted octanol–water partition coefficient (Wildman–Crippen LogP) is 4.73. The number of aryl methyl sites for hydroxylation is 2. The zero-order valence-corrected chi connectivity index (χ0v) is 10.4. The van der Waals surface area contributed by atoms with Crippen molar-refractivity contribution in [3.63, 3.8) is 0 Å². The lowest BCUT2D eigenvalue weighted by molar-refractivity contribution is 0.586. The maximum absolute atomic E-state index is 13.8. The average Bonchev–Trinajstić information content (AvgIpc) is 2.31. The van der Waals surface area contributed by atoms with Gasteiger partial charge in [-0.2, -0.15) is 0 Å². The molecule has 0 saturated heterocycles. The van der Waals surface area contributed by atoms with Gasteiger partial charge in [-0.3, -0.25) is 0 Å². The van der Waals surface area contributed by atoms with Gasteiger partial charge in [0.2, 0.25) is 0 Å². The predicted molar refractivity (Wildman–Crippen MR) is 66.4 cm³/mol. The zero-order chi connectivity index (χ0) is 12.4. The first-order valence-corrected chi connectivity index (χ1v) is 6.09. The number of hydrogen-bond acceptors (Lipinski definition) is 1. The van der Waals surface area contributed by atoms with Crippen molar-refractivity contribution in [3.8, 4) is 0 Å². The van der Waals surface area contributed by atoms with E-state index in [2.05, 4.69) is 0 Å². The first kappa shape index (κ1) is 12.1. The van der Waals surface area contributed by atoms with Crippen molar-refractivity contribution in [1.82, 2.24) is 0 Å². The molecule has 0 spiro atoms. The van der Waals surface area contributed by atoms with Crippen LogP contribution >= 0.6 is 11.8 Å². The van der Waals surface area contributed by atoms with Crippen molar-refractivity contribution >= 4 is 11.8 Å². The van der Waals surface area contributed by atoms with E-state index in [1.165, 1.54) is 0 Å². The largest absolute Gasteiger partial charge is 0.205 e. The molecule has 0 unspecified atom stereocenters. The minimum atomic E-state index is -0.279. The molecule has 0 N–H and O–H groups in total. The van der Waals surface area contributed by atoms with Crippen LogP contribution in [0.1, 0.15) is 11.1 Å². The van der Waals surface area contributed by atoms with E-state index in [-0.39, 0.29) is 11.6 Å². The second kappa shape index (κ2) is 4.88. The molecule has 3 heteroatoms. The van der Waals surface area contributed by atoms with Crippen molar-refractivity contribution in [1.29, 1.82) is 0 Å². The molecule has 88 valence electrons. The molecule has 0 amide bonds. The molecule has 0 fully saturated rings. The summed E-state index contributed by atoms with van der Waals surface area (Å²) in [4.78, 5) is 0.906. The summed E-state index contributed by atoms with van der Waals surface area (Å²) in [6.07, 6.45) is 0. The summed E-state index contributed by atoms with van der Waals surface area (Å²) in [7, 11) is 0. The van der Waals surface area contributed by atoms with Crippen LogP contribution in [0.25, 0.3) is 0 Å². The fourth-order valence-corrected chi connectivity index (χ4v) is 2.55. The third kappa shape index (κ3) is 2.50. The summed E-state index contributed by atoms with van der Waals surface area (Å²) in [5.41, 5.74) is 1.14. The van der Waals surface area contributed by atoms with Crippen LogP contribution in [0.15, 0.2) is 46.2 Å². The fourth-order valence-electron chi connectivity index (χ4n) is 1.52. The van der Waals surface area contributed by atoms with Gasteiger partial charge in [0, 0.05) is 9.79 Å². The molecule has 0 nitrogen and oxygen atoms in total. The molecule has 0 atom stereocenters. The normalized spacial score (nSPS) is 10.6. The standard InChI is InChI=1S/C14H12F2S/c1-9-5-3-7-11(13(9)15)17-12-8-4-6-10(2)14(12)16/h3-8H,1-2H3. The van der Waals surface area contributed by atoms with E-state index < -0.39 is 0 Å². The third-order valence-corrected chi connectivity index (χ3v) is 3.60. The Morgan fingerprint density at radius 3 is 1.59 bits per heavy atom. The summed E-state index contributed by atoms with van der Waals surface area (Å²) in [6, 6.07) is 10.3. The highest BCUT2D eigenvalue weighted by Gasteiger charge is 2.10. The quantitative estimate of drug-likeness (QED) is 0.742. The molecular weight excluding hydrogens is 238 g/mol. The first-order valence-electron chi connectivity index (χ1n) is 5.27.